The number of rotatable bonds is 12. The number of anilines is 1. The lowest BCUT2D eigenvalue weighted by atomic mass is 10.0. The predicted molar refractivity (Wildman–Crippen MR) is 145 cm³/mol. The maximum absolute atomic E-state index is 13.5. The van der Waals surface area contributed by atoms with Crippen LogP contribution in [0.15, 0.2) is 71.6 Å². The van der Waals surface area contributed by atoms with Crippen LogP contribution in [-0.2, 0) is 26.2 Å². The summed E-state index contributed by atoms with van der Waals surface area (Å²) in [4.78, 5) is 15.2. The first-order valence-corrected chi connectivity index (χ1v) is 13.6. The van der Waals surface area contributed by atoms with Crippen molar-refractivity contribution in [1.29, 1.82) is 5.26 Å². The number of ether oxygens (including phenoxy) is 1. The van der Waals surface area contributed by atoms with Gasteiger partial charge in [-0.1, -0.05) is 68.4 Å². The minimum atomic E-state index is -4.06. The molecule has 0 saturated carbocycles. The Kier molecular flexibility index (Phi) is 9.64. The largest absolute Gasteiger partial charge is 0.377 e. The Morgan fingerprint density at radius 2 is 1.68 bits per heavy atom. The van der Waals surface area contributed by atoms with Crippen LogP contribution in [0.25, 0.3) is 10.8 Å². The summed E-state index contributed by atoms with van der Waals surface area (Å²) in [7, 11) is -0.268. The number of hydrogen-bond acceptors (Lipinski definition) is 6. The van der Waals surface area contributed by atoms with E-state index in [9.17, 15) is 18.5 Å². The van der Waals surface area contributed by atoms with Gasteiger partial charge in [-0.25, -0.2) is 8.42 Å². The van der Waals surface area contributed by atoms with Crippen molar-refractivity contribution < 1.29 is 17.9 Å². The molecule has 0 aliphatic rings. The summed E-state index contributed by atoms with van der Waals surface area (Å²) >= 11 is 0. The van der Waals surface area contributed by atoms with Crippen molar-refractivity contribution in [3.05, 3.63) is 72.3 Å². The number of carbonyl (C=O) groups excluding carboxylic acids is 1. The summed E-state index contributed by atoms with van der Waals surface area (Å²) < 4.78 is 35.2. The van der Waals surface area contributed by atoms with Crippen LogP contribution in [0.5, 0.6) is 0 Å². The van der Waals surface area contributed by atoms with Gasteiger partial charge in [0.05, 0.1) is 24.2 Å². The average Bonchev–Trinajstić information content (AvgIpc) is 2.87. The molecule has 0 bridgehead atoms. The van der Waals surface area contributed by atoms with E-state index in [0.29, 0.717) is 12.0 Å². The molecule has 2 atom stereocenters. The Balaban J connectivity index is 1.77. The van der Waals surface area contributed by atoms with Gasteiger partial charge in [0.1, 0.15) is 12.1 Å². The molecule has 0 aliphatic carbocycles. The van der Waals surface area contributed by atoms with Gasteiger partial charge < -0.3 is 15.0 Å². The highest BCUT2D eigenvalue weighted by Crippen LogP contribution is 2.30. The minimum Gasteiger partial charge on any atom is -0.377 e. The van der Waals surface area contributed by atoms with Gasteiger partial charge in [0.2, 0.25) is 15.9 Å². The molecule has 9 heteroatoms. The monoisotopic (exact) mass is 522 g/mol. The molecule has 3 aromatic carbocycles. The Hall–Kier alpha value is -3.45. The maximum atomic E-state index is 13.5. The lowest BCUT2D eigenvalue weighted by molar-refractivity contribution is -0.123. The zero-order valence-corrected chi connectivity index (χ0v) is 22.5. The second kappa shape index (κ2) is 12.7. The summed E-state index contributed by atoms with van der Waals surface area (Å²) in [6.07, 6.45) is 0.266. The van der Waals surface area contributed by atoms with Crippen LogP contribution in [0.4, 0.5) is 5.69 Å². The molecule has 37 heavy (non-hydrogen) atoms. The number of nitriles is 1. The van der Waals surface area contributed by atoms with Crippen LogP contribution < -0.4 is 14.9 Å². The Morgan fingerprint density at radius 1 is 1.00 bits per heavy atom. The van der Waals surface area contributed by atoms with Gasteiger partial charge in [0, 0.05) is 30.6 Å². The topological polar surface area (TPSA) is 112 Å². The molecule has 8 nitrogen and oxygen atoms in total. The third-order valence-corrected chi connectivity index (χ3v) is 7.35. The van der Waals surface area contributed by atoms with Crippen LogP contribution in [0.1, 0.15) is 25.8 Å². The molecule has 0 aromatic heterocycles. The fourth-order valence-electron chi connectivity index (χ4n) is 4.07. The first-order valence-electron chi connectivity index (χ1n) is 12.2. The van der Waals surface area contributed by atoms with Crippen molar-refractivity contribution in [2.24, 2.45) is 5.92 Å². The second-order valence-electron chi connectivity index (χ2n) is 9.52. The number of hydrogen-bond donors (Lipinski definition) is 2. The Labute approximate surface area is 219 Å². The highest BCUT2D eigenvalue weighted by atomic mass is 32.2. The van der Waals surface area contributed by atoms with Crippen LogP contribution >= 0.6 is 0 Å². The molecule has 0 radical (unpaired) electrons. The number of benzene rings is 3. The smallest absolute Gasteiger partial charge is 0.241 e. The van der Waals surface area contributed by atoms with Gasteiger partial charge in [0.15, 0.2) is 0 Å². The summed E-state index contributed by atoms with van der Waals surface area (Å²) in [5, 5.41) is 13.5. The van der Waals surface area contributed by atoms with E-state index in [4.69, 9.17) is 4.74 Å². The highest BCUT2D eigenvalue weighted by molar-refractivity contribution is 7.89. The maximum Gasteiger partial charge on any atom is 0.241 e. The number of nitrogens with zero attached hydrogens (tertiary/aromatic N) is 2. The van der Waals surface area contributed by atoms with Crippen molar-refractivity contribution in [1.82, 2.24) is 10.0 Å². The third-order valence-electron chi connectivity index (χ3n) is 5.82. The lowest BCUT2D eigenvalue weighted by Crippen LogP contribution is -2.50. The fourth-order valence-corrected chi connectivity index (χ4v) is 5.50. The number of sulfonamides is 1. The molecule has 196 valence electrons. The third kappa shape index (κ3) is 7.52. The van der Waals surface area contributed by atoms with Crippen LogP contribution in [0, 0.1) is 17.2 Å². The van der Waals surface area contributed by atoms with Crippen molar-refractivity contribution in [2.75, 3.05) is 25.6 Å². The van der Waals surface area contributed by atoms with Crippen LogP contribution in [0.3, 0.4) is 0 Å². The number of nitrogens with one attached hydrogen (secondary N) is 2. The molecule has 0 unspecified atom stereocenters. The van der Waals surface area contributed by atoms with E-state index in [1.165, 1.54) is 6.07 Å². The van der Waals surface area contributed by atoms with Gasteiger partial charge in [-0.2, -0.15) is 9.98 Å². The summed E-state index contributed by atoms with van der Waals surface area (Å²) in [6, 6.07) is 20.1. The van der Waals surface area contributed by atoms with E-state index in [-0.39, 0.29) is 23.8 Å². The van der Waals surface area contributed by atoms with Crippen molar-refractivity contribution in [3.8, 4) is 6.07 Å². The van der Waals surface area contributed by atoms with E-state index >= 15 is 0 Å². The number of carbonyl (C=O) groups is 1. The van der Waals surface area contributed by atoms with Crippen LogP contribution in [-0.4, -0.2) is 47.1 Å². The SMILES string of the molecule is CC(C)C[C@H](NS(=O)(=O)c1cccc2c(N(C)C)cccc12)C(=O)N[C@H](C#N)COCc1ccccc1. The minimum absolute atomic E-state index is 0.0189. The lowest BCUT2D eigenvalue weighted by Gasteiger charge is -2.23. The predicted octanol–water partition coefficient (Wildman–Crippen LogP) is 3.82. The van der Waals surface area contributed by atoms with Crippen molar-refractivity contribution in [2.45, 2.75) is 43.9 Å². The summed E-state index contributed by atoms with van der Waals surface area (Å²) in [5.74, 6) is -0.539. The summed E-state index contributed by atoms with van der Waals surface area (Å²) in [6.45, 7) is 4.09. The number of amides is 1. The molecule has 1 amide bonds. The van der Waals surface area contributed by atoms with Crippen molar-refractivity contribution >= 4 is 32.4 Å². The normalized spacial score (nSPS) is 13.2. The van der Waals surface area contributed by atoms with Crippen LogP contribution in [0.2, 0.25) is 0 Å². The van der Waals surface area contributed by atoms with E-state index in [2.05, 4.69) is 10.0 Å². The van der Waals surface area contributed by atoms with E-state index in [1.54, 1.807) is 12.1 Å². The molecule has 0 spiro atoms. The van der Waals surface area contributed by atoms with Gasteiger partial charge in [-0.3, -0.25) is 4.79 Å². The quantitative estimate of drug-likeness (QED) is 0.374. The molecule has 0 fully saturated rings. The zero-order chi connectivity index (χ0) is 27.0. The average molecular weight is 523 g/mol. The molecule has 2 N–H and O–H groups in total. The van der Waals surface area contributed by atoms with E-state index < -0.39 is 28.0 Å². The summed E-state index contributed by atoms with van der Waals surface area (Å²) in [5.41, 5.74) is 1.84. The Morgan fingerprint density at radius 3 is 2.32 bits per heavy atom. The Bertz CT molecular complexity index is 1350. The van der Waals surface area contributed by atoms with E-state index in [1.807, 2.05) is 87.4 Å². The first kappa shape index (κ1) is 28.1. The molecule has 0 heterocycles. The number of fused-ring (bicyclic) bond motifs is 1. The highest BCUT2D eigenvalue weighted by Gasteiger charge is 2.29. The zero-order valence-electron chi connectivity index (χ0n) is 21.6. The van der Waals surface area contributed by atoms with Crippen molar-refractivity contribution in [3.63, 3.8) is 0 Å². The van der Waals surface area contributed by atoms with Gasteiger partial charge in [-0.05, 0) is 30.0 Å². The van der Waals surface area contributed by atoms with Gasteiger partial charge in [-0.15, -0.1) is 0 Å². The van der Waals surface area contributed by atoms with Gasteiger partial charge in [0.25, 0.3) is 0 Å². The molecule has 3 aromatic rings. The molecular formula is C28H34N4O4S. The first-order chi connectivity index (χ1) is 17.6. The van der Waals surface area contributed by atoms with E-state index in [0.717, 1.165) is 16.6 Å². The fraction of sp³-hybridized carbons (Fsp3) is 0.357. The molecule has 0 aliphatic heterocycles. The molecule has 0 saturated heterocycles. The van der Waals surface area contributed by atoms with Gasteiger partial charge >= 0.3 is 0 Å². The standard InChI is InChI=1S/C28H34N4O4S/c1-20(2)16-25(28(33)30-22(17-29)19-36-18-21-10-6-5-7-11-21)31-37(34,35)27-15-9-12-23-24(27)13-8-14-26(23)32(3)4/h5-15,20,22,25,31H,16,18-19H2,1-4H3,(H,30,33)/t22-,25+/m1/s1. The second-order valence-corrected chi connectivity index (χ2v) is 11.2. The molecular weight excluding hydrogens is 488 g/mol. The molecule has 3 rings (SSSR count).